The third kappa shape index (κ3) is 3.62. The molecule has 29 heavy (non-hydrogen) atoms. The van der Waals surface area contributed by atoms with Gasteiger partial charge < -0.3 is 15.1 Å². The number of aryl methyl sites for hydroxylation is 2. The maximum Gasteiger partial charge on any atom is 0.229 e. The molecular formula is C23H25N3O3. The zero-order chi connectivity index (χ0) is 20.7. The molecule has 0 unspecified atom stereocenters. The Morgan fingerprint density at radius 1 is 1.07 bits per heavy atom. The highest BCUT2D eigenvalue weighted by molar-refractivity contribution is 6.04. The van der Waals surface area contributed by atoms with E-state index in [4.69, 9.17) is 0 Å². The largest absolute Gasteiger partial charge is 0.326 e. The molecule has 150 valence electrons. The van der Waals surface area contributed by atoms with Gasteiger partial charge in [-0.05, 0) is 67.3 Å². The third-order valence-corrected chi connectivity index (χ3v) is 5.92. The van der Waals surface area contributed by atoms with Crippen LogP contribution in [0.25, 0.3) is 0 Å². The average molecular weight is 391 g/mol. The van der Waals surface area contributed by atoms with Crippen LogP contribution < -0.4 is 15.1 Å². The van der Waals surface area contributed by atoms with Crippen LogP contribution in [0, 0.1) is 19.8 Å². The van der Waals surface area contributed by atoms with Crippen LogP contribution in [0.1, 0.15) is 30.0 Å². The number of carbonyl (C=O) groups excluding carboxylic acids is 3. The molecule has 6 nitrogen and oxygen atoms in total. The van der Waals surface area contributed by atoms with Crippen LogP contribution in [-0.2, 0) is 20.8 Å². The van der Waals surface area contributed by atoms with Crippen LogP contribution in [-0.4, -0.2) is 30.8 Å². The second-order valence-electron chi connectivity index (χ2n) is 7.93. The van der Waals surface area contributed by atoms with Gasteiger partial charge in [-0.2, -0.15) is 0 Å². The lowest BCUT2D eigenvalue weighted by molar-refractivity contribution is -0.122. The van der Waals surface area contributed by atoms with Crippen LogP contribution in [0.3, 0.4) is 0 Å². The molecule has 2 aromatic carbocycles. The predicted molar refractivity (Wildman–Crippen MR) is 113 cm³/mol. The summed E-state index contributed by atoms with van der Waals surface area (Å²) in [5, 5.41) is 2.94. The number of benzene rings is 2. The normalized spacial score (nSPS) is 18.2. The summed E-state index contributed by atoms with van der Waals surface area (Å²) in [7, 11) is 0. The minimum Gasteiger partial charge on any atom is -0.326 e. The van der Waals surface area contributed by atoms with Gasteiger partial charge in [-0.3, -0.25) is 14.4 Å². The Morgan fingerprint density at radius 2 is 1.86 bits per heavy atom. The van der Waals surface area contributed by atoms with Crippen molar-refractivity contribution in [2.75, 3.05) is 28.2 Å². The lowest BCUT2D eigenvalue weighted by Gasteiger charge is -2.19. The summed E-state index contributed by atoms with van der Waals surface area (Å²) < 4.78 is 0. The molecule has 2 heterocycles. The molecule has 0 spiro atoms. The molecule has 1 fully saturated rings. The first kappa shape index (κ1) is 19.2. The molecule has 0 saturated carbocycles. The predicted octanol–water partition coefficient (Wildman–Crippen LogP) is 3.20. The summed E-state index contributed by atoms with van der Waals surface area (Å²) in [5.41, 5.74) is 5.81. The number of rotatable bonds is 3. The zero-order valence-corrected chi connectivity index (χ0v) is 17.0. The summed E-state index contributed by atoms with van der Waals surface area (Å²) in [4.78, 5) is 40.5. The highest BCUT2D eigenvalue weighted by Gasteiger charge is 2.36. The van der Waals surface area contributed by atoms with Crippen LogP contribution in [0.15, 0.2) is 36.4 Å². The molecular weight excluding hydrogens is 366 g/mol. The van der Waals surface area contributed by atoms with Crippen molar-refractivity contribution >= 4 is 34.8 Å². The summed E-state index contributed by atoms with van der Waals surface area (Å²) in [5.74, 6) is -0.539. The molecule has 2 aliphatic rings. The topological polar surface area (TPSA) is 69.7 Å². The Hall–Kier alpha value is -3.15. The van der Waals surface area contributed by atoms with Crippen molar-refractivity contribution in [2.24, 2.45) is 5.92 Å². The van der Waals surface area contributed by atoms with Gasteiger partial charge in [0, 0.05) is 43.5 Å². The maximum atomic E-state index is 12.7. The molecule has 3 amide bonds. The van der Waals surface area contributed by atoms with E-state index in [1.807, 2.05) is 50.2 Å². The van der Waals surface area contributed by atoms with E-state index in [1.165, 1.54) is 5.56 Å². The fourth-order valence-electron chi connectivity index (χ4n) is 4.08. The number of anilines is 3. The van der Waals surface area contributed by atoms with Crippen LogP contribution in [0.4, 0.5) is 17.1 Å². The molecule has 0 aromatic heterocycles. The number of amides is 3. The molecule has 1 atom stereocenters. The summed E-state index contributed by atoms with van der Waals surface area (Å²) in [6.07, 6.45) is 0.981. The lowest BCUT2D eigenvalue weighted by atomic mass is 10.1. The van der Waals surface area contributed by atoms with Crippen molar-refractivity contribution in [1.82, 2.24) is 0 Å². The Kier molecular flexibility index (Phi) is 4.86. The number of hydrogen-bond donors (Lipinski definition) is 1. The maximum absolute atomic E-state index is 12.7. The van der Waals surface area contributed by atoms with Crippen LogP contribution in [0.5, 0.6) is 0 Å². The van der Waals surface area contributed by atoms with Crippen LogP contribution >= 0.6 is 0 Å². The van der Waals surface area contributed by atoms with E-state index in [2.05, 4.69) is 5.32 Å². The first-order chi connectivity index (χ1) is 13.8. The fourth-order valence-corrected chi connectivity index (χ4v) is 4.08. The van der Waals surface area contributed by atoms with Gasteiger partial charge in [0.1, 0.15) is 0 Å². The van der Waals surface area contributed by atoms with E-state index < -0.39 is 0 Å². The third-order valence-electron chi connectivity index (χ3n) is 5.92. The SMILES string of the molecule is CC(=O)N1CCc2cc(N3C[C@H](C(=O)Nc4ccc(C)c(C)c4)CC3=O)ccc21. The number of nitrogens with zero attached hydrogens (tertiary/aromatic N) is 2. The highest BCUT2D eigenvalue weighted by Crippen LogP contribution is 2.34. The quantitative estimate of drug-likeness (QED) is 0.874. The van der Waals surface area contributed by atoms with Gasteiger partial charge in [0.15, 0.2) is 0 Å². The first-order valence-corrected chi connectivity index (χ1v) is 9.93. The Morgan fingerprint density at radius 3 is 2.59 bits per heavy atom. The second kappa shape index (κ2) is 7.35. The molecule has 4 rings (SSSR count). The summed E-state index contributed by atoms with van der Waals surface area (Å²) in [6, 6.07) is 11.5. The van der Waals surface area contributed by atoms with Crippen molar-refractivity contribution in [1.29, 1.82) is 0 Å². The fraction of sp³-hybridized carbons (Fsp3) is 0.348. The molecule has 0 radical (unpaired) electrons. The minimum absolute atomic E-state index is 0.0248. The van der Waals surface area contributed by atoms with Gasteiger partial charge in [0.2, 0.25) is 17.7 Å². The number of fused-ring (bicyclic) bond motifs is 1. The molecule has 2 aromatic rings. The van der Waals surface area contributed by atoms with E-state index in [0.717, 1.165) is 34.6 Å². The van der Waals surface area contributed by atoms with Crippen molar-refractivity contribution in [2.45, 2.75) is 33.6 Å². The van der Waals surface area contributed by atoms with E-state index in [9.17, 15) is 14.4 Å². The first-order valence-electron chi connectivity index (χ1n) is 9.93. The number of carbonyl (C=O) groups is 3. The standard InChI is InChI=1S/C23H25N3O3/c1-14-4-5-19(10-15(14)2)24-23(29)18-12-22(28)26(13-18)20-6-7-21-17(11-20)8-9-25(21)16(3)27/h4-7,10-11,18H,8-9,12-13H2,1-3H3,(H,24,29)/t18-/m1/s1. The van der Waals surface area contributed by atoms with Gasteiger partial charge in [0.25, 0.3) is 0 Å². The van der Waals surface area contributed by atoms with E-state index >= 15 is 0 Å². The van der Waals surface area contributed by atoms with E-state index in [0.29, 0.717) is 13.1 Å². The minimum atomic E-state index is -0.383. The van der Waals surface area contributed by atoms with Gasteiger partial charge in [0.05, 0.1) is 5.92 Å². The molecule has 1 saturated heterocycles. The van der Waals surface area contributed by atoms with Gasteiger partial charge in [-0.15, -0.1) is 0 Å². The van der Waals surface area contributed by atoms with Crippen molar-refractivity contribution in [3.63, 3.8) is 0 Å². The Bertz CT molecular complexity index is 1010. The second-order valence-corrected chi connectivity index (χ2v) is 7.93. The lowest BCUT2D eigenvalue weighted by Crippen LogP contribution is -2.28. The molecule has 6 heteroatoms. The van der Waals surface area contributed by atoms with Crippen molar-refractivity contribution < 1.29 is 14.4 Å². The number of hydrogen-bond acceptors (Lipinski definition) is 3. The molecule has 2 aliphatic heterocycles. The van der Waals surface area contributed by atoms with Gasteiger partial charge in [-0.1, -0.05) is 6.07 Å². The van der Waals surface area contributed by atoms with E-state index in [-0.39, 0.29) is 30.1 Å². The molecule has 0 bridgehead atoms. The summed E-state index contributed by atoms with van der Waals surface area (Å²) >= 11 is 0. The van der Waals surface area contributed by atoms with E-state index in [1.54, 1.807) is 16.7 Å². The molecule has 1 N–H and O–H groups in total. The van der Waals surface area contributed by atoms with Crippen LogP contribution in [0.2, 0.25) is 0 Å². The highest BCUT2D eigenvalue weighted by atomic mass is 16.2. The van der Waals surface area contributed by atoms with Gasteiger partial charge in [-0.25, -0.2) is 0 Å². The smallest absolute Gasteiger partial charge is 0.229 e. The molecule has 0 aliphatic carbocycles. The Balaban J connectivity index is 1.47. The monoisotopic (exact) mass is 391 g/mol. The number of nitrogens with one attached hydrogen (secondary N) is 1. The zero-order valence-electron chi connectivity index (χ0n) is 17.0. The summed E-state index contributed by atoms with van der Waals surface area (Å²) in [6.45, 7) is 6.63. The average Bonchev–Trinajstić information content (AvgIpc) is 3.27. The van der Waals surface area contributed by atoms with Crippen molar-refractivity contribution in [3.05, 3.63) is 53.1 Å². The Labute approximate surface area is 170 Å². The van der Waals surface area contributed by atoms with Gasteiger partial charge >= 0.3 is 0 Å². The van der Waals surface area contributed by atoms with Crippen molar-refractivity contribution in [3.8, 4) is 0 Å².